The molecule has 0 amide bonds. The average Bonchev–Trinajstić information content (AvgIpc) is 3.17. The number of thiocarbonyl (C=S) groups is 1. The van der Waals surface area contributed by atoms with Gasteiger partial charge in [0.1, 0.15) is 12.2 Å². The summed E-state index contributed by atoms with van der Waals surface area (Å²) >= 11 is 4.98. The van der Waals surface area contributed by atoms with Crippen molar-refractivity contribution < 1.29 is 23.7 Å². The first-order chi connectivity index (χ1) is 12.8. The van der Waals surface area contributed by atoms with E-state index in [2.05, 4.69) is 0 Å². The van der Waals surface area contributed by atoms with Crippen LogP contribution in [0.5, 0.6) is 0 Å². The van der Waals surface area contributed by atoms with E-state index >= 15 is 0 Å². The summed E-state index contributed by atoms with van der Waals surface area (Å²) in [5.74, 6) is 0. The molecule has 0 unspecified atom stereocenters. The molecule has 2 fully saturated rings. The van der Waals surface area contributed by atoms with Gasteiger partial charge in [0, 0.05) is 12.2 Å². The monoisotopic (exact) mass is 372 g/mol. The van der Waals surface area contributed by atoms with E-state index in [0.717, 1.165) is 11.1 Å². The number of benzene rings is 2. The van der Waals surface area contributed by atoms with Crippen molar-refractivity contribution in [3.05, 3.63) is 71.8 Å². The predicted octanol–water partition coefficient (Wildman–Crippen LogP) is 3.21. The lowest BCUT2D eigenvalue weighted by atomic mass is 10.1. The second kappa shape index (κ2) is 8.14. The molecule has 0 bridgehead atoms. The minimum atomic E-state index is -0.534. The van der Waals surface area contributed by atoms with Crippen LogP contribution in [0.3, 0.4) is 0 Å². The minimum Gasteiger partial charge on any atom is -0.444 e. The van der Waals surface area contributed by atoms with Crippen LogP contribution in [0.25, 0.3) is 0 Å². The van der Waals surface area contributed by atoms with E-state index in [1.54, 1.807) is 0 Å². The van der Waals surface area contributed by atoms with Crippen LogP contribution in [-0.2, 0) is 36.9 Å². The van der Waals surface area contributed by atoms with Gasteiger partial charge in [-0.25, -0.2) is 0 Å². The van der Waals surface area contributed by atoms with Crippen LogP contribution >= 0.6 is 12.2 Å². The fraction of sp³-hybridized carbons (Fsp3) is 0.350. The number of rotatable bonds is 7. The quantitative estimate of drug-likeness (QED) is 0.696. The molecule has 2 aliphatic heterocycles. The molecular weight excluding hydrogens is 352 g/mol. The topological polar surface area (TPSA) is 46.2 Å². The van der Waals surface area contributed by atoms with Crippen molar-refractivity contribution in [2.45, 2.75) is 37.8 Å². The maximum absolute atomic E-state index is 6.10. The summed E-state index contributed by atoms with van der Waals surface area (Å²) in [5.41, 5.74) is 2.20. The largest absolute Gasteiger partial charge is 0.444 e. The molecule has 26 heavy (non-hydrogen) atoms. The average molecular weight is 372 g/mol. The molecule has 4 atom stereocenters. The SMILES string of the molecule is S=C1O[C@H]2O[C@H](COCc3ccccc3)[C@@H](OCc3ccccc3)[C@H]2O1. The van der Waals surface area contributed by atoms with Crippen molar-refractivity contribution in [3.8, 4) is 0 Å². The molecule has 5 nitrogen and oxygen atoms in total. The van der Waals surface area contributed by atoms with E-state index in [-0.39, 0.29) is 23.5 Å². The van der Waals surface area contributed by atoms with Crippen molar-refractivity contribution in [1.82, 2.24) is 0 Å². The van der Waals surface area contributed by atoms with E-state index in [9.17, 15) is 0 Å². The highest BCUT2D eigenvalue weighted by molar-refractivity contribution is 7.79. The summed E-state index contributed by atoms with van der Waals surface area (Å²) in [7, 11) is 0. The molecule has 2 aromatic rings. The second-order valence-corrected chi connectivity index (χ2v) is 6.59. The number of hydrogen-bond acceptors (Lipinski definition) is 6. The van der Waals surface area contributed by atoms with E-state index < -0.39 is 6.29 Å². The Balaban J connectivity index is 1.36. The van der Waals surface area contributed by atoms with Gasteiger partial charge in [-0.1, -0.05) is 60.7 Å². The van der Waals surface area contributed by atoms with Crippen molar-refractivity contribution in [2.24, 2.45) is 0 Å². The fourth-order valence-electron chi connectivity index (χ4n) is 3.11. The first kappa shape index (κ1) is 17.4. The van der Waals surface area contributed by atoms with Crippen LogP contribution < -0.4 is 0 Å². The molecule has 0 saturated carbocycles. The summed E-state index contributed by atoms with van der Waals surface area (Å²) in [4.78, 5) is 0. The molecule has 0 aliphatic carbocycles. The molecule has 2 aromatic carbocycles. The smallest absolute Gasteiger partial charge is 0.355 e. The van der Waals surface area contributed by atoms with Gasteiger partial charge in [-0.05, 0) is 11.1 Å². The van der Waals surface area contributed by atoms with Crippen LogP contribution in [0, 0.1) is 0 Å². The third-order valence-electron chi connectivity index (χ3n) is 4.39. The van der Waals surface area contributed by atoms with Crippen molar-refractivity contribution >= 4 is 17.5 Å². The van der Waals surface area contributed by atoms with Crippen LogP contribution in [-0.4, -0.2) is 36.4 Å². The van der Waals surface area contributed by atoms with Gasteiger partial charge in [-0.15, -0.1) is 0 Å². The zero-order chi connectivity index (χ0) is 17.8. The molecule has 0 radical (unpaired) electrons. The Hall–Kier alpha value is -1.99. The number of hydrogen-bond donors (Lipinski definition) is 0. The molecule has 6 heteroatoms. The summed E-state index contributed by atoms with van der Waals surface area (Å²) < 4.78 is 28.8. The third-order valence-corrected chi connectivity index (χ3v) is 4.58. The molecular formula is C20H20O5S. The predicted molar refractivity (Wildman–Crippen MR) is 98.3 cm³/mol. The Labute approximate surface area is 157 Å². The maximum Gasteiger partial charge on any atom is 0.355 e. The summed E-state index contributed by atoms with van der Waals surface area (Å²) in [6, 6.07) is 20.0. The van der Waals surface area contributed by atoms with Gasteiger partial charge < -0.3 is 23.7 Å². The minimum absolute atomic E-state index is 0.108. The highest BCUT2D eigenvalue weighted by atomic mass is 32.1. The van der Waals surface area contributed by atoms with Crippen molar-refractivity contribution in [1.29, 1.82) is 0 Å². The summed E-state index contributed by atoms with van der Waals surface area (Å²) in [6.45, 7) is 1.37. The Bertz CT molecular complexity index is 723. The Morgan fingerprint density at radius 3 is 2.19 bits per heavy atom. The Kier molecular flexibility index (Phi) is 5.45. The fourth-order valence-corrected chi connectivity index (χ4v) is 3.32. The third kappa shape index (κ3) is 4.04. The lowest BCUT2D eigenvalue weighted by Crippen LogP contribution is -2.37. The normalized spacial score (nSPS) is 27.0. The molecule has 4 rings (SSSR count). The van der Waals surface area contributed by atoms with Crippen molar-refractivity contribution in [2.75, 3.05) is 6.61 Å². The van der Waals surface area contributed by atoms with Crippen LogP contribution in [0.4, 0.5) is 0 Å². The van der Waals surface area contributed by atoms with E-state index in [1.165, 1.54) is 0 Å². The first-order valence-electron chi connectivity index (χ1n) is 8.59. The van der Waals surface area contributed by atoms with E-state index in [0.29, 0.717) is 19.8 Å². The Morgan fingerprint density at radius 1 is 0.846 bits per heavy atom. The lowest BCUT2D eigenvalue weighted by molar-refractivity contribution is -0.113. The highest BCUT2D eigenvalue weighted by Crippen LogP contribution is 2.33. The van der Waals surface area contributed by atoms with Gasteiger partial charge in [0.15, 0.2) is 6.10 Å². The highest BCUT2D eigenvalue weighted by Gasteiger charge is 2.53. The van der Waals surface area contributed by atoms with Gasteiger partial charge in [0.05, 0.1) is 19.8 Å². The zero-order valence-electron chi connectivity index (χ0n) is 14.2. The summed E-state index contributed by atoms with van der Waals surface area (Å²) in [6.07, 6.45) is -1.48. The van der Waals surface area contributed by atoms with Crippen LogP contribution in [0.15, 0.2) is 60.7 Å². The molecule has 2 saturated heterocycles. The number of ether oxygens (including phenoxy) is 5. The standard InChI is InChI=1S/C20H20O5S/c26-20-24-18-17(22-12-15-9-5-2-6-10-15)16(23-19(18)25-20)13-21-11-14-7-3-1-4-8-14/h1-10,16-19H,11-13H2/t16-,17-,18-,19-/m1/s1. The van der Waals surface area contributed by atoms with E-state index in [4.69, 9.17) is 35.9 Å². The lowest BCUT2D eigenvalue weighted by Gasteiger charge is -2.21. The van der Waals surface area contributed by atoms with Crippen LogP contribution in [0.2, 0.25) is 0 Å². The summed E-state index contributed by atoms with van der Waals surface area (Å²) in [5, 5.41) is 0.108. The van der Waals surface area contributed by atoms with Gasteiger partial charge in [0.2, 0.25) is 6.29 Å². The first-order valence-corrected chi connectivity index (χ1v) is 9.00. The second-order valence-electron chi connectivity index (χ2n) is 6.26. The van der Waals surface area contributed by atoms with Crippen molar-refractivity contribution in [3.63, 3.8) is 0 Å². The van der Waals surface area contributed by atoms with Gasteiger partial charge >= 0.3 is 5.24 Å². The molecule has 2 aliphatic rings. The molecule has 0 spiro atoms. The molecule has 2 heterocycles. The Morgan fingerprint density at radius 2 is 1.50 bits per heavy atom. The van der Waals surface area contributed by atoms with Gasteiger partial charge in [-0.2, -0.15) is 0 Å². The number of fused-ring (bicyclic) bond motifs is 1. The zero-order valence-corrected chi connectivity index (χ0v) is 15.0. The van der Waals surface area contributed by atoms with E-state index in [1.807, 2.05) is 60.7 Å². The molecule has 0 N–H and O–H groups in total. The molecule has 0 aromatic heterocycles. The van der Waals surface area contributed by atoms with Crippen LogP contribution in [0.1, 0.15) is 11.1 Å². The maximum atomic E-state index is 6.10. The van der Waals surface area contributed by atoms with Gasteiger partial charge in [0.25, 0.3) is 0 Å². The van der Waals surface area contributed by atoms with Gasteiger partial charge in [-0.3, -0.25) is 0 Å². The molecule has 136 valence electrons.